The molecule has 16 heavy (non-hydrogen) atoms. The van der Waals surface area contributed by atoms with Crippen LogP contribution in [0.15, 0.2) is 0 Å². The molecule has 0 aromatic carbocycles. The number of methoxy groups -OCH3 is 1. The first-order valence-corrected chi connectivity index (χ1v) is 5.99. The van der Waals surface area contributed by atoms with Gasteiger partial charge in [0.1, 0.15) is 6.04 Å². The largest absolute Gasteiger partial charge is 0.480 e. The SMILES string of the molecule is COC(=O)CCCSC(C)(C)[C@H](N)C(=O)O. The van der Waals surface area contributed by atoms with Crippen LogP contribution in [-0.4, -0.2) is 40.7 Å². The van der Waals surface area contributed by atoms with E-state index in [0.717, 1.165) is 0 Å². The zero-order chi connectivity index (χ0) is 12.8. The zero-order valence-corrected chi connectivity index (χ0v) is 10.7. The van der Waals surface area contributed by atoms with Crippen molar-refractivity contribution in [1.82, 2.24) is 0 Å². The molecule has 3 N–H and O–H groups in total. The van der Waals surface area contributed by atoms with Crippen molar-refractivity contribution in [3.8, 4) is 0 Å². The summed E-state index contributed by atoms with van der Waals surface area (Å²) in [6.07, 6.45) is 1.01. The number of esters is 1. The minimum Gasteiger partial charge on any atom is -0.480 e. The Balaban J connectivity index is 3.91. The van der Waals surface area contributed by atoms with Gasteiger partial charge in [-0.2, -0.15) is 11.8 Å². The van der Waals surface area contributed by atoms with Crippen LogP contribution in [0.1, 0.15) is 26.7 Å². The third-order valence-electron chi connectivity index (χ3n) is 2.24. The van der Waals surface area contributed by atoms with Crippen LogP contribution in [0.3, 0.4) is 0 Å². The van der Waals surface area contributed by atoms with Crippen molar-refractivity contribution in [1.29, 1.82) is 0 Å². The summed E-state index contributed by atoms with van der Waals surface area (Å²) in [4.78, 5) is 21.5. The van der Waals surface area contributed by atoms with Gasteiger partial charge in [-0.3, -0.25) is 9.59 Å². The molecule has 1 atom stereocenters. The number of carbonyl (C=O) groups is 2. The first-order chi connectivity index (χ1) is 7.31. The fourth-order valence-corrected chi connectivity index (χ4v) is 2.14. The first-order valence-electron chi connectivity index (χ1n) is 5.00. The zero-order valence-electron chi connectivity index (χ0n) is 9.86. The van der Waals surface area contributed by atoms with E-state index in [-0.39, 0.29) is 5.97 Å². The number of thioether (sulfide) groups is 1. The first kappa shape index (κ1) is 15.2. The summed E-state index contributed by atoms with van der Waals surface area (Å²) in [7, 11) is 1.35. The molecule has 0 unspecified atom stereocenters. The molecule has 0 saturated heterocycles. The van der Waals surface area contributed by atoms with Crippen molar-refractivity contribution in [2.24, 2.45) is 5.73 Å². The highest BCUT2D eigenvalue weighted by atomic mass is 32.2. The lowest BCUT2D eigenvalue weighted by Crippen LogP contribution is -2.46. The summed E-state index contributed by atoms with van der Waals surface area (Å²) in [6, 6.07) is -0.907. The second-order valence-electron chi connectivity index (χ2n) is 3.95. The number of hydrogen-bond acceptors (Lipinski definition) is 5. The lowest BCUT2D eigenvalue weighted by Gasteiger charge is -2.27. The second-order valence-corrected chi connectivity index (χ2v) is 5.70. The van der Waals surface area contributed by atoms with Crippen molar-refractivity contribution in [3.63, 3.8) is 0 Å². The Morgan fingerprint density at radius 1 is 1.50 bits per heavy atom. The quantitative estimate of drug-likeness (QED) is 0.514. The molecule has 94 valence electrons. The maximum Gasteiger partial charge on any atom is 0.321 e. The van der Waals surface area contributed by atoms with Crippen LogP contribution in [0.25, 0.3) is 0 Å². The second kappa shape index (κ2) is 6.75. The van der Waals surface area contributed by atoms with E-state index in [1.807, 2.05) is 0 Å². The van der Waals surface area contributed by atoms with E-state index >= 15 is 0 Å². The van der Waals surface area contributed by atoms with E-state index in [2.05, 4.69) is 4.74 Å². The fraction of sp³-hybridized carbons (Fsp3) is 0.800. The minimum atomic E-state index is -1.01. The number of carboxylic acid groups (broad SMARTS) is 1. The molecule has 0 aromatic heterocycles. The van der Waals surface area contributed by atoms with Gasteiger partial charge < -0.3 is 15.6 Å². The smallest absolute Gasteiger partial charge is 0.321 e. The number of ether oxygens (including phenoxy) is 1. The van der Waals surface area contributed by atoms with Crippen molar-refractivity contribution in [3.05, 3.63) is 0 Å². The topological polar surface area (TPSA) is 89.6 Å². The van der Waals surface area contributed by atoms with Crippen molar-refractivity contribution < 1.29 is 19.4 Å². The van der Waals surface area contributed by atoms with Crippen LogP contribution in [0, 0.1) is 0 Å². The number of aliphatic carboxylic acids is 1. The lowest BCUT2D eigenvalue weighted by molar-refractivity contribution is -0.141. The molecule has 0 heterocycles. The van der Waals surface area contributed by atoms with Crippen molar-refractivity contribution >= 4 is 23.7 Å². The van der Waals surface area contributed by atoms with Gasteiger partial charge in [-0.05, 0) is 26.0 Å². The van der Waals surface area contributed by atoms with E-state index in [1.54, 1.807) is 13.8 Å². The molecule has 0 rings (SSSR count). The Labute approximate surface area is 99.7 Å². The van der Waals surface area contributed by atoms with Gasteiger partial charge in [0.2, 0.25) is 0 Å². The van der Waals surface area contributed by atoms with Crippen LogP contribution in [0.2, 0.25) is 0 Å². The summed E-state index contributed by atoms with van der Waals surface area (Å²) < 4.78 is 3.96. The van der Waals surface area contributed by atoms with Crippen LogP contribution in [0.4, 0.5) is 0 Å². The number of rotatable bonds is 7. The lowest BCUT2D eigenvalue weighted by atomic mass is 10.1. The number of carboxylic acids is 1. The Morgan fingerprint density at radius 3 is 2.50 bits per heavy atom. The molecular weight excluding hydrogens is 230 g/mol. The molecule has 0 spiro atoms. The molecule has 0 saturated carbocycles. The summed E-state index contributed by atoms with van der Waals surface area (Å²) >= 11 is 1.45. The third kappa shape index (κ3) is 5.37. The van der Waals surface area contributed by atoms with Gasteiger partial charge >= 0.3 is 11.9 Å². The van der Waals surface area contributed by atoms with Gasteiger partial charge in [-0.15, -0.1) is 0 Å². The highest BCUT2D eigenvalue weighted by Gasteiger charge is 2.32. The molecular formula is C10H19NO4S. The van der Waals surface area contributed by atoms with E-state index in [1.165, 1.54) is 18.9 Å². The van der Waals surface area contributed by atoms with Gasteiger partial charge in [0.05, 0.1) is 7.11 Å². The number of hydrogen-bond donors (Lipinski definition) is 2. The molecule has 0 bridgehead atoms. The van der Waals surface area contributed by atoms with Gasteiger partial charge in [0.15, 0.2) is 0 Å². The monoisotopic (exact) mass is 249 g/mol. The standard InChI is InChI=1S/C10H19NO4S/c1-10(2,8(11)9(13)14)16-6-4-5-7(12)15-3/h8H,4-6,11H2,1-3H3,(H,13,14)/t8-/m1/s1. The molecule has 0 radical (unpaired) electrons. The van der Waals surface area contributed by atoms with Gasteiger partial charge in [-0.25, -0.2) is 0 Å². The Kier molecular flexibility index (Phi) is 6.43. The molecule has 5 nitrogen and oxygen atoms in total. The number of nitrogens with two attached hydrogens (primary N) is 1. The van der Waals surface area contributed by atoms with Gasteiger partial charge in [-0.1, -0.05) is 0 Å². The highest BCUT2D eigenvalue weighted by molar-refractivity contribution is 8.00. The molecule has 0 aliphatic rings. The summed E-state index contributed by atoms with van der Waals surface area (Å²) in [5.41, 5.74) is 5.55. The average molecular weight is 249 g/mol. The maximum absolute atomic E-state index is 10.8. The van der Waals surface area contributed by atoms with Crippen LogP contribution < -0.4 is 5.73 Å². The predicted octanol–water partition coefficient (Wildman–Crippen LogP) is 0.863. The van der Waals surface area contributed by atoms with Crippen LogP contribution in [0.5, 0.6) is 0 Å². The van der Waals surface area contributed by atoms with Crippen molar-refractivity contribution in [2.45, 2.75) is 37.5 Å². The van der Waals surface area contributed by atoms with Crippen molar-refractivity contribution in [2.75, 3.05) is 12.9 Å². The van der Waals surface area contributed by atoms with Gasteiger partial charge in [0.25, 0.3) is 0 Å². The predicted molar refractivity (Wildman–Crippen MR) is 63.4 cm³/mol. The maximum atomic E-state index is 10.8. The van der Waals surface area contributed by atoms with E-state index < -0.39 is 16.8 Å². The van der Waals surface area contributed by atoms with E-state index in [0.29, 0.717) is 18.6 Å². The molecule has 0 aromatic rings. The number of carbonyl (C=O) groups excluding carboxylic acids is 1. The minimum absolute atomic E-state index is 0.249. The average Bonchev–Trinajstić information content (AvgIpc) is 2.22. The molecule has 0 fully saturated rings. The molecule has 0 amide bonds. The van der Waals surface area contributed by atoms with E-state index in [4.69, 9.17) is 10.8 Å². The van der Waals surface area contributed by atoms with E-state index in [9.17, 15) is 9.59 Å². The molecule has 0 aliphatic carbocycles. The fourth-order valence-electron chi connectivity index (χ4n) is 1.04. The normalized spacial score (nSPS) is 13.2. The molecule has 6 heteroatoms. The third-order valence-corrected chi connectivity index (χ3v) is 3.73. The van der Waals surface area contributed by atoms with Crippen LogP contribution in [-0.2, 0) is 14.3 Å². The summed E-state index contributed by atoms with van der Waals surface area (Å²) in [5.74, 6) is -0.574. The Bertz CT molecular complexity index is 255. The summed E-state index contributed by atoms with van der Waals surface area (Å²) in [6.45, 7) is 3.57. The highest BCUT2D eigenvalue weighted by Crippen LogP contribution is 2.28. The Hall–Kier alpha value is -0.750. The molecule has 0 aliphatic heterocycles. The summed E-state index contributed by atoms with van der Waals surface area (Å²) in [5, 5.41) is 8.79. The van der Waals surface area contributed by atoms with Gasteiger partial charge in [0, 0.05) is 11.2 Å². The van der Waals surface area contributed by atoms with Crippen LogP contribution >= 0.6 is 11.8 Å². The Morgan fingerprint density at radius 2 is 2.06 bits per heavy atom.